The van der Waals surface area contributed by atoms with E-state index in [2.05, 4.69) is 5.16 Å². The molecule has 0 amide bonds. The fraction of sp³-hybridized carbons (Fsp3) is 0.500. The quantitative estimate of drug-likeness (QED) is 0.364. The van der Waals surface area contributed by atoms with Crippen LogP contribution in [0.5, 0.6) is 5.75 Å². The SMILES string of the molecule is CCc1cc(OCCC(C)(C)C(N)=NO)ccc1Cl. The van der Waals surface area contributed by atoms with Crippen molar-refractivity contribution in [1.29, 1.82) is 0 Å². The van der Waals surface area contributed by atoms with Crippen LogP contribution >= 0.6 is 11.6 Å². The molecule has 1 aromatic rings. The average molecular weight is 285 g/mol. The van der Waals surface area contributed by atoms with Crippen LogP contribution in [0, 0.1) is 5.41 Å². The minimum absolute atomic E-state index is 0.210. The molecule has 0 heterocycles. The molecule has 0 spiro atoms. The number of nitrogens with zero attached hydrogens (tertiary/aromatic N) is 1. The van der Waals surface area contributed by atoms with Crippen LogP contribution in [0.25, 0.3) is 0 Å². The predicted molar refractivity (Wildman–Crippen MR) is 78.1 cm³/mol. The first-order chi connectivity index (χ1) is 8.90. The minimum Gasteiger partial charge on any atom is -0.494 e. The molecule has 3 N–H and O–H groups in total. The monoisotopic (exact) mass is 284 g/mol. The third-order valence-corrected chi connectivity index (χ3v) is 3.56. The molecular weight excluding hydrogens is 264 g/mol. The highest BCUT2D eigenvalue weighted by atomic mass is 35.5. The van der Waals surface area contributed by atoms with Crippen molar-refractivity contribution in [2.24, 2.45) is 16.3 Å². The number of hydrogen-bond acceptors (Lipinski definition) is 3. The molecule has 0 aliphatic heterocycles. The van der Waals surface area contributed by atoms with Crippen molar-refractivity contribution in [3.63, 3.8) is 0 Å². The van der Waals surface area contributed by atoms with Crippen molar-refractivity contribution in [3.05, 3.63) is 28.8 Å². The van der Waals surface area contributed by atoms with Gasteiger partial charge in [0.15, 0.2) is 0 Å². The number of oxime groups is 1. The average Bonchev–Trinajstić information content (AvgIpc) is 2.39. The molecule has 0 atom stereocenters. The van der Waals surface area contributed by atoms with Gasteiger partial charge in [0.2, 0.25) is 0 Å². The van der Waals surface area contributed by atoms with E-state index in [0.29, 0.717) is 13.0 Å². The second kappa shape index (κ2) is 6.66. The zero-order valence-electron chi connectivity index (χ0n) is 11.6. The van der Waals surface area contributed by atoms with Gasteiger partial charge in [-0.05, 0) is 36.6 Å². The van der Waals surface area contributed by atoms with Gasteiger partial charge >= 0.3 is 0 Å². The lowest BCUT2D eigenvalue weighted by Crippen LogP contribution is -2.33. The third-order valence-electron chi connectivity index (χ3n) is 3.20. The Hall–Kier alpha value is -1.42. The van der Waals surface area contributed by atoms with Crippen molar-refractivity contribution in [2.45, 2.75) is 33.6 Å². The summed E-state index contributed by atoms with van der Waals surface area (Å²) in [4.78, 5) is 0. The Labute approximate surface area is 119 Å². The van der Waals surface area contributed by atoms with Crippen molar-refractivity contribution < 1.29 is 9.94 Å². The van der Waals surface area contributed by atoms with Crippen LogP contribution in [0.15, 0.2) is 23.4 Å². The second-order valence-electron chi connectivity index (χ2n) is 5.07. The Bertz CT molecular complexity index is 459. The molecule has 0 bridgehead atoms. The summed E-state index contributed by atoms with van der Waals surface area (Å²) < 4.78 is 5.68. The lowest BCUT2D eigenvalue weighted by Gasteiger charge is -2.22. The van der Waals surface area contributed by atoms with Crippen molar-refractivity contribution in [3.8, 4) is 5.75 Å². The molecule has 0 aromatic heterocycles. The molecule has 0 aliphatic carbocycles. The van der Waals surface area contributed by atoms with Crippen molar-refractivity contribution in [2.75, 3.05) is 6.61 Å². The highest BCUT2D eigenvalue weighted by Gasteiger charge is 2.23. The Morgan fingerprint density at radius 2 is 2.16 bits per heavy atom. The summed E-state index contributed by atoms with van der Waals surface area (Å²) in [7, 11) is 0. The summed E-state index contributed by atoms with van der Waals surface area (Å²) in [6.45, 7) is 6.36. The predicted octanol–water partition coefficient (Wildman–Crippen LogP) is 3.44. The number of amidine groups is 1. The maximum Gasteiger partial charge on any atom is 0.144 e. The molecule has 1 aromatic carbocycles. The fourth-order valence-electron chi connectivity index (χ4n) is 1.60. The van der Waals surface area contributed by atoms with E-state index >= 15 is 0 Å². The molecule has 0 saturated carbocycles. The van der Waals surface area contributed by atoms with Gasteiger partial charge in [-0.1, -0.05) is 37.5 Å². The highest BCUT2D eigenvalue weighted by Crippen LogP contribution is 2.24. The van der Waals surface area contributed by atoms with E-state index in [0.717, 1.165) is 22.8 Å². The van der Waals surface area contributed by atoms with Crippen LogP contribution in [-0.4, -0.2) is 17.6 Å². The van der Waals surface area contributed by atoms with Crippen LogP contribution in [0.1, 0.15) is 32.8 Å². The fourth-order valence-corrected chi connectivity index (χ4v) is 1.85. The Morgan fingerprint density at radius 1 is 1.47 bits per heavy atom. The Balaban J connectivity index is 2.59. The molecule has 1 rings (SSSR count). The summed E-state index contributed by atoms with van der Waals surface area (Å²) in [5, 5.41) is 12.5. The number of hydrogen-bond donors (Lipinski definition) is 2. The maximum absolute atomic E-state index is 8.69. The summed E-state index contributed by atoms with van der Waals surface area (Å²) in [6.07, 6.45) is 1.53. The first-order valence-electron chi connectivity index (χ1n) is 6.30. The first kappa shape index (κ1) is 15.6. The molecule has 0 unspecified atom stereocenters. The van der Waals surface area contributed by atoms with E-state index in [1.54, 1.807) is 0 Å². The molecule has 4 nitrogen and oxygen atoms in total. The van der Waals surface area contributed by atoms with Gasteiger partial charge in [0.05, 0.1) is 6.61 Å². The van der Waals surface area contributed by atoms with Gasteiger partial charge in [0.25, 0.3) is 0 Å². The zero-order valence-corrected chi connectivity index (χ0v) is 12.4. The number of benzene rings is 1. The standard InChI is InChI=1S/C14H21ClN2O2/c1-4-10-9-11(5-6-12(10)15)19-8-7-14(2,3)13(16)17-18/h5-6,9,18H,4,7-8H2,1-3H3,(H2,16,17). The van der Waals surface area contributed by atoms with Crippen molar-refractivity contribution >= 4 is 17.4 Å². The van der Waals surface area contributed by atoms with Crippen molar-refractivity contribution in [1.82, 2.24) is 0 Å². The normalized spacial score (nSPS) is 12.5. The summed E-state index contributed by atoms with van der Waals surface area (Å²) >= 11 is 6.05. The smallest absolute Gasteiger partial charge is 0.144 e. The van der Waals surface area contributed by atoms with E-state index in [1.165, 1.54) is 0 Å². The molecule has 19 heavy (non-hydrogen) atoms. The van der Waals surface area contributed by atoms with E-state index in [1.807, 2.05) is 39.0 Å². The Morgan fingerprint density at radius 3 is 2.74 bits per heavy atom. The van der Waals surface area contributed by atoms with Crippen LogP contribution in [0.3, 0.4) is 0 Å². The van der Waals surface area contributed by atoms with Gasteiger partial charge in [-0.3, -0.25) is 0 Å². The first-order valence-corrected chi connectivity index (χ1v) is 6.67. The maximum atomic E-state index is 8.69. The lowest BCUT2D eigenvalue weighted by molar-refractivity contribution is 0.259. The molecular formula is C14H21ClN2O2. The Kier molecular flexibility index (Phi) is 5.48. The largest absolute Gasteiger partial charge is 0.494 e. The van der Waals surface area contributed by atoms with Gasteiger partial charge in [-0.25, -0.2) is 0 Å². The number of halogens is 1. The van der Waals surface area contributed by atoms with Crippen LogP contribution in [0.4, 0.5) is 0 Å². The molecule has 106 valence electrons. The highest BCUT2D eigenvalue weighted by molar-refractivity contribution is 6.31. The third kappa shape index (κ3) is 4.31. The summed E-state index contributed by atoms with van der Waals surface area (Å²) in [6, 6.07) is 5.63. The second-order valence-corrected chi connectivity index (χ2v) is 5.48. The van der Waals surface area contributed by atoms with Gasteiger partial charge < -0.3 is 15.7 Å². The summed E-state index contributed by atoms with van der Waals surface area (Å²) in [5.41, 5.74) is 6.29. The number of aryl methyl sites for hydroxylation is 1. The van der Waals surface area contributed by atoms with E-state index in [4.69, 9.17) is 27.3 Å². The number of ether oxygens (including phenoxy) is 1. The van der Waals surface area contributed by atoms with Crippen LogP contribution in [0.2, 0.25) is 5.02 Å². The van der Waals surface area contributed by atoms with Gasteiger partial charge in [-0.15, -0.1) is 0 Å². The summed E-state index contributed by atoms with van der Waals surface area (Å²) in [5.74, 6) is 0.998. The van der Waals surface area contributed by atoms with Crippen LogP contribution in [-0.2, 0) is 6.42 Å². The molecule has 0 saturated heterocycles. The minimum atomic E-state index is -0.394. The molecule has 0 aliphatic rings. The van der Waals surface area contributed by atoms with E-state index in [-0.39, 0.29) is 5.84 Å². The van der Waals surface area contributed by atoms with E-state index < -0.39 is 5.41 Å². The molecule has 0 radical (unpaired) electrons. The van der Waals surface area contributed by atoms with Gasteiger partial charge in [-0.2, -0.15) is 0 Å². The molecule has 5 heteroatoms. The zero-order chi connectivity index (χ0) is 14.5. The van der Waals surface area contributed by atoms with Crippen LogP contribution < -0.4 is 10.5 Å². The number of nitrogens with two attached hydrogens (primary N) is 1. The van der Waals surface area contributed by atoms with E-state index in [9.17, 15) is 0 Å². The topological polar surface area (TPSA) is 67.8 Å². The number of rotatable bonds is 6. The van der Waals surface area contributed by atoms with Gasteiger partial charge in [0.1, 0.15) is 11.6 Å². The lowest BCUT2D eigenvalue weighted by atomic mass is 9.88. The molecule has 0 fully saturated rings. The van der Waals surface area contributed by atoms with Gasteiger partial charge in [0, 0.05) is 10.4 Å².